The van der Waals surface area contributed by atoms with Gasteiger partial charge in [0.15, 0.2) is 5.78 Å². The number of carbonyl (C=O) groups is 4. The zero-order valence-electron chi connectivity index (χ0n) is 17.9. The Bertz CT molecular complexity index is 1160. The number of aromatic amines is 1. The first kappa shape index (κ1) is 24.1. The molecule has 0 aliphatic rings. The van der Waals surface area contributed by atoms with Crippen LogP contribution in [0.1, 0.15) is 28.2 Å². The summed E-state index contributed by atoms with van der Waals surface area (Å²) >= 11 is 0. The number of carboxylic acid groups (broad SMARTS) is 2. The highest BCUT2D eigenvalue weighted by atomic mass is 16.4. The molecule has 10 nitrogen and oxygen atoms in total. The first-order chi connectivity index (χ1) is 15.1. The molecule has 2 heterocycles. The van der Waals surface area contributed by atoms with Crippen LogP contribution in [0.5, 0.6) is 0 Å². The molecule has 0 aliphatic heterocycles. The number of H-pyrrole nitrogens is 1. The van der Waals surface area contributed by atoms with E-state index in [-0.39, 0.29) is 11.8 Å². The zero-order chi connectivity index (χ0) is 23.8. The molecule has 10 heteroatoms. The summed E-state index contributed by atoms with van der Waals surface area (Å²) in [4.78, 5) is 52.9. The summed E-state index contributed by atoms with van der Waals surface area (Å²) < 4.78 is 1.53. The predicted octanol–water partition coefficient (Wildman–Crippen LogP) is 2.73. The van der Waals surface area contributed by atoms with E-state index >= 15 is 0 Å². The molecule has 0 fully saturated rings. The molecule has 168 valence electrons. The van der Waals surface area contributed by atoms with E-state index in [1.807, 2.05) is 31.2 Å². The van der Waals surface area contributed by atoms with E-state index in [2.05, 4.69) is 9.97 Å². The third-order valence-corrected chi connectivity index (χ3v) is 4.49. The monoisotopic (exact) mass is 440 g/mol. The van der Waals surface area contributed by atoms with Crippen molar-refractivity contribution in [2.24, 2.45) is 0 Å². The minimum Gasteiger partial charge on any atom is -0.478 e. The fourth-order valence-corrected chi connectivity index (χ4v) is 2.92. The molecule has 3 rings (SSSR count). The number of carboxylic acids is 2. The molecule has 2 aromatic heterocycles. The number of aryl methyl sites for hydroxylation is 2. The lowest BCUT2D eigenvalue weighted by Crippen LogP contribution is -2.26. The van der Waals surface area contributed by atoms with Gasteiger partial charge in [-0.2, -0.15) is 0 Å². The van der Waals surface area contributed by atoms with E-state index in [9.17, 15) is 19.2 Å². The van der Waals surface area contributed by atoms with Gasteiger partial charge >= 0.3 is 18.0 Å². The maximum absolute atomic E-state index is 12.7. The number of imidazole rings is 1. The van der Waals surface area contributed by atoms with Crippen LogP contribution in [0, 0.1) is 6.92 Å². The third kappa shape index (κ3) is 6.14. The van der Waals surface area contributed by atoms with Crippen molar-refractivity contribution in [2.45, 2.75) is 19.8 Å². The highest BCUT2D eigenvalue weighted by molar-refractivity contribution is 6.10. The number of benzene rings is 1. The molecule has 0 bridgehead atoms. The SMILES string of the molecule is Cc1[nH]cnc1CCC(=O)c1cn(C(=O)N(C)C)c2ccccc12.O=C(O)C=CC(=O)O. The maximum atomic E-state index is 12.7. The fourth-order valence-electron chi connectivity index (χ4n) is 2.92. The Labute approximate surface area is 183 Å². The topological polar surface area (TPSA) is 146 Å². The Morgan fingerprint density at radius 1 is 1.09 bits per heavy atom. The summed E-state index contributed by atoms with van der Waals surface area (Å²) in [6.45, 7) is 1.94. The standard InChI is InChI=1S/C18H20N4O2.C4H4O4/c1-12-15(20-11-19-12)8-9-17(23)14-10-22(18(24)21(2)3)16-7-5-4-6-13(14)16;5-3(6)1-2-4(7)8/h4-7,10-11H,8-9H2,1-3H3,(H,19,20);1-2H,(H,5,6)(H,7,8). The second kappa shape index (κ2) is 10.7. The molecule has 0 atom stereocenters. The number of para-hydroxylation sites is 1. The summed E-state index contributed by atoms with van der Waals surface area (Å²) in [6.07, 6.45) is 5.33. The second-order valence-electron chi connectivity index (χ2n) is 7.01. The number of fused-ring (bicyclic) bond motifs is 1. The molecule has 0 aliphatic carbocycles. The van der Waals surface area contributed by atoms with Gasteiger partial charge in [0.1, 0.15) is 0 Å². The molecular formula is C22H24N4O6. The number of Topliss-reactive ketones (excluding diaryl/α,β-unsaturated/α-hetero) is 1. The van der Waals surface area contributed by atoms with Gasteiger partial charge in [0.2, 0.25) is 0 Å². The van der Waals surface area contributed by atoms with E-state index in [1.165, 1.54) is 9.47 Å². The van der Waals surface area contributed by atoms with Crippen molar-refractivity contribution in [2.75, 3.05) is 14.1 Å². The Hall–Kier alpha value is -4.21. The first-order valence-electron chi connectivity index (χ1n) is 9.59. The molecular weight excluding hydrogens is 416 g/mol. The minimum atomic E-state index is -1.26. The normalized spacial score (nSPS) is 10.6. The average molecular weight is 440 g/mol. The smallest absolute Gasteiger partial charge is 0.328 e. The van der Waals surface area contributed by atoms with Gasteiger partial charge in [-0.3, -0.25) is 9.36 Å². The number of aromatic nitrogens is 3. The van der Waals surface area contributed by atoms with E-state index in [0.29, 0.717) is 30.6 Å². The quantitative estimate of drug-likeness (QED) is 0.395. The largest absolute Gasteiger partial charge is 0.478 e. The van der Waals surface area contributed by atoms with E-state index in [1.54, 1.807) is 26.6 Å². The van der Waals surface area contributed by atoms with Gasteiger partial charge in [-0.15, -0.1) is 0 Å². The van der Waals surface area contributed by atoms with Crippen LogP contribution in [0.3, 0.4) is 0 Å². The van der Waals surface area contributed by atoms with Crippen LogP contribution in [0.4, 0.5) is 4.79 Å². The number of amides is 1. The van der Waals surface area contributed by atoms with E-state index < -0.39 is 11.9 Å². The fraction of sp³-hybridized carbons (Fsp3) is 0.227. The lowest BCUT2D eigenvalue weighted by atomic mass is 10.0. The van der Waals surface area contributed by atoms with E-state index in [0.717, 1.165) is 22.3 Å². The average Bonchev–Trinajstić information content (AvgIpc) is 3.34. The van der Waals surface area contributed by atoms with Crippen LogP contribution in [-0.4, -0.2) is 67.5 Å². The van der Waals surface area contributed by atoms with Crippen LogP contribution >= 0.6 is 0 Å². The number of carbonyl (C=O) groups excluding carboxylic acids is 2. The molecule has 1 aromatic carbocycles. The lowest BCUT2D eigenvalue weighted by Gasteiger charge is -2.11. The number of hydrogen-bond acceptors (Lipinski definition) is 5. The van der Waals surface area contributed by atoms with Crippen molar-refractivity contribution in [1.82, 2.24) is 19.4 Å². The molecule has 0 saturated heterocycles. The second-order valence-corrected chi connectivity index (χ2v) is 7.01. The van der Waals surface area contributed by atoms with Crippen LogP contribution in [0.25, 0.3) is 10.9 Å². The first-order valence-corrected chi connectivity index (χ1v) is 9.59. The van der Waals surface area contributed by atoms with Gasteiger partial charge in [0.05, 0.1) is 17.5 Å². The summed E-state index contributed by atoms with van der Waals surface area (Å²) in [7, 11) is 3.39. The number of ketones is 1. The molecule has 0 saturated carbocycles. The Morgan fingerprint density at radius 3 is 2.25 bits per heavy atom. The van der Waals surface area contributed by atoms with Crippen LogP contribution in [0.15, 0.2) is 48.9 Å². The number of nitrogens with one attached hydrogen (secondary N) is 1. The minimum absolute atomic E-state index is 0.0129. The summed E-state index contributed by atoms with van der Waals surface area (Å²) in [5, 5.41) is 16.4. The number of nitrogens with zero attached hydrogens (tertiary/aromatic N) is 3. The number of hydrogen-bond donors (Lipinski definition) is 3. The summed E-state index contributed by atoms with van der Waals surface area (Å²) in [6, 6.07) is 7.30. The van der Waals surface area contributed by atoms with Gasteiger partial charge < -0.3 is 20.1 Å². The lowest BCUT2D eigenvalue weighted by molar-refractivity contribution is -0.134. The zero-order valence-corrected chi connectivity index (χ0v) is 17.9. The molecule has 0 radical (unpaired) electrons. The molecule has 0 spiro atoms. The maximum Gasteiger partial charge on any atom is 0.328 e. The molecule has 3 aromatic rings. The Kier molecular flexibility index (Phi) is 8.05. The van der Waals surface area contributed by atoms with Crippen molar-refractivity contribution in [1.29, 1.82) is 0 Å². The van der Waals surface area contributed by atoms with Crippen LogP contribution in [-0.2, 0) is 16.0 Å². The molecule has 3 N–H and O–H groups in total. The van der Waals surface area contributed by atoms with Crippen molar-refractivity contribution in [3.63, 3.8) is 0 Å². The van der Waals surface area contributed by atoms with E-state index in [4.69, 9.17) is 10.2 Å². The van der Waals surface area contributed by atoms with Gasteiger partial charge in [-0.05, 0) is 19.4 Å². The number of rotatable bonds is 6. The van der Waals surface area contributed by atoms with Crippen molar-refractivity contribution >= 4 is 34.7 Å². The summed E-state index contributed by atoms with van der Waals surface area (Å²) in [5.74, 6) is -2.50. The third-order valence-electron chi connectivity index (χ3n) is 4.49. The highest BCUT2D eigenvalue weighted by Gasteiger charge is 2.19. The van der Waals surface area contributed by atoms with Gasteiger partial charge in [0.25, 0.3) is 0 Å². The van der Waals surface area contributed by atoms with Gasteiger partial charge in [-0.25, -0.2) is 19.4 Å². The van der Waals surface area contributed by atoms with Crippen molar-refractivity contribution < 1.29 is 29.4 Å². The van der Waals surface area contributed by atoms with Crippen molar-refractivity contribution in [3.05, 3.63) is 65.9 Å². The van der Waals surface area contributed by atoms with Crippen LogP contribution in [0.2, 0.25) is 0 Å². The molecule has 0 unspecified atom stereocenters. The predicted molar refractivity (Wildman–Crippen MR) is 117 cm³/mol. The molecule has 32 heavy (non-hydrogen) atoms. The molecule has 1 amide bonds. The Balaban J connectivity index is 0.000000390. The number of aliphatic carboxylic acids is 2. The van der Waals surface area contributed by atoms with Crippen molar-refractivity contribution in [3.8, 4) is 0 Å². The Morgan fingerprint density at radius 2 is 1.72 bits per heavy atom. The summed E-state index contributed by atoms with van der Waals surface area (Å²) in [5.41, 5.74) is 3.20. The van der Waals surface area contributed by atoms with Gasteiger partial charge in [-0.1, -0.05) is 18.2 Å². The highest BCUT2D eigenvalue weighted by Crippen LogP contribution is 2.23. The van der Waals surface area contributed by atoms with Crippen LogP contribution < -0.4 is 0 Å². The van der Waals surface area contributed by atoms with Gasteiger partial charge in [0, 0.05) is 55.5 Å².